The quantitative estimate of drug-likeness (QED) is 0.538. The van der Waals surface area contributed by atoms with Gasteiger partial charge in [-0.15, -0.1) is 0 Å². The lowest BCUT2D eigenvalue weighted by Gasteiger charge is -2.32. The Kier molecular flexibility index (Phi) is 4.56. The summed E-state index contributed by atoms with van der Waals surface area (Å²) in [5, 5.41) is 3.18. The maximum Gasteiger partial charge on any atom is 0.389 e. The van der Waals surface area contributed by atoms with E-state index in [0.717, 1.165) is 6.42 Å². The molecular formula is C13H22N5O3+. The highest BCUT2D eigenvalue weighted by Crippen LogP contribution is 2.18. The van der Waals surface area contributed by atoms with Crippen LogP contribution in [0.4, 0.5) is 4.79 Å². The maximum absolute atomic E-state index is 12.4. The molecule has 3 amide bonds. The minimum atomic E-state index is -0.530. The SMILES string of the molecule is CCN1C(=O)C2C(=NC(NCCCOC)=[N+]2C)N(C)C1=O. The summed E-state index contributed by atoms with van der Waals surface area (Å²) in [6.45, 7) is 3.50. The van der Waals surface area contributed by atoms with Crippen LogP contribution in [0.1, 0.15) is 13.3 Å². The van der Waals surface area contributed by atoms with Crippen molar-refractivity contribution < 1.29 is 18.9 Å². The van der Waals surface area contributed by atoms with Crippen molar-refractivity contribution in [2.75, 3.05) is 40.9 Å². The average molecular weight is 296 g/mol. The van der Waals surface area contributed by atoms with Crippen LogP contribution in [0.25, 0.3) is 0 Å². The number of guanidine groups is 1. The number of imide groups is 1. The summed E-state index contributed by atoms with van der Waals surface area (Å²) in [6.07, 6.45) is 0.840. The molecule has 1 atom stereocenters. The number of amides is 3. The van der Waals surface area contributed by atoms with E-state index < -0.39 is 6.04 Å². The van der Waals surface area contributed by atoms with Crippen molar-refractivity contribution >= 4 is 23.7 Å². The van der Waals surface area contributed by atoms with Gasteiger partial charge in [-0.2, -0.15) is 0 Å². The van der Waals surface area contributed by atoms with Crippen molar-refractivity contribution in [2.45, 2.75) is 19.4 Å². The van der Waals surface area contributed by atoms with Gasteiger partial charge in [0.05, 0.1) is 13.6 Å². The highest BCUT2D eigenvalue weighted by Gasteiger charge is 2.50. The second-order valence-corrected chi connectivity index (χ2v) is 5.00. The van der Waals surface area contributed by atoms with Gasteiger partial charge in [-0.25, -0.2) is 9.37 Å². The second kappa shape index (κ2) is 6.21. The molecule has 8 nitrogen and oxygen atoms in total. The van der Waals surface area contributed by atoms with Crippen LogP contribution in [0.5, 0.6) is 0 Å². The van der Waals surface area contributed by atoms with Crippen LogP contribution < -0.4 is 5.32 Å². The number of methoxy groups -OCH3 is 1. The van der Waals surface area contributed by atoms with E-state index >= 15 is 0 Å². The largest absolute Gasteiger partial charge is 0.389 e. The molecule has 0 saturated carbocycles. The number of aliphatic imine (C=N–C) groups is 1. The topological polar surface area (TPSA) is 77.2 Å². The van der Waals surface area contributed by atoms with Crippen LogP contribution >= 0.6 is 0 Å². The van der Waals surface area contributed by atoms with Crippen molar-refractivity contribution in [3.05, 3.63) is 0 Å². The Balaban J connectivity index is 2.18. The highest BCUT2D eigenvalue weighted by molar-refractivity contribution is 6.22. The molecule has 21 heavy (non-hydrogen) atoms. The van der Waals surface area contributed by atoms with Crippen LogP contribution in [0.3, 0.4) is 0 Å². The zero-order valence-electron chi connectivity index (χ0n) is 12.9. The third-order valence-electron chi connectivity index (χ3n) is 3.67. The Morgan fingerprint density at radius 2 is 2.14 bits per heavy atom. The van der Waals surface area contributed by atoms with E-state index in [0.29, 0.717) is 31.5 Å². The van der Waals surface area contributed by atoms with E-state index in [9.17, 15) is 9.59 Å². The summed E-state index contributed by atoms with van der Waals surface area (Å²) in [7, 11) is 5.10. The number of likely N-dealkylation sites (N-methyl/N-ethyl adjacent to an activating group) is 3. The predicted molar refractivity (Wildman–Crippen MR) is 77.5 cm³/mol. The van der Waals surface area contributed by atoms with Crippen molar-refractivity contribution in [1.29, 1.82) is 0 Å². The third-order valence-corrected chi connectivity index (χ3v) is 3.67. The smallest absolute Gasteiger partial charge is 0.385 e. The molecule has 2 heterocycles. The summed E-state index contributed by atoms with van der Waals surface area (Å²) in [6, 6.07) is -0.857. The number of fused-ring (bicyclic) bond motifs is 1. The summed E-state index contributed by atoms with van der Waals surface area (Å²) >= 11 is 0. The number of hydrogen-bond donors (Lipinski definition) is 1. The lowest BCUT2D eigenvalue weighted by Crippen LogP contribution is -2.62. The van der Waals surface area contributed by atoms with Crippen LogP contribution in [0.2, 0.25) is 0 Å². The van der Waals surface area contributed by atoms with Gasteiger partial charge < -0.3 is 4.74 Å². The van der Waals surface area contributed by atoms with Crippen LogP contribution in [-0.2, 0) is 9.53 Å². The normalized spacial score (nSPS) is 21.9. The number of nitrogens with one attached hydrogen (secondary N) is 1. The molecule has 0 bridgehead atoms. The van der Waals surface area contributed by atoms with E-state index in [2.05, 4.69) is 10.3 Å². The second-order valence-electron chi connectivity index (χ2n) is 5.00. The fraction of sp³-hybridized carbons (Fsp3) is 0.692. The van der Waals surface area contributed by atoms with Gasteiger partial charge in [-0.1, -0.05) is 4.99 Å². The highest BCUT2D eigenvalue weighted by atomic mass is 16.5. The molecule has 116 valence electrons. The molecule has 1 fully saturated rings. The average Bonchev–Trinajstić information content (AvgIpc) is 2.79. The Bertz CT molecular complexity index is 514. The van der Waals surface area contributed by atoms with Crippen molar-refractivity contribution in [3.63, 3.8) is 0 Å². The molecule has 1 N–H and O–H groups in total. The maximum atomic E-state index is 12.4. The van der Waals surface area contributed by atoms with Gasteiger partial charge in [-0.05, 0) is 6.92 Å². The molecule has 0 aromatic rings. The van der Waals surface area contributed by atoms with Crippen LogP contribution in [0, 0.1) is 0 Å². The summed E-state index contributed by atoms with van der Waals surface area (Å²) in [5.41, 5.74) is 0. The molecule has 1 saturated heterocycles. The minimum absolute atomic E-state index is 0.226. The first-order valence-corrected chi connectivity index (χ1v) is 7.03. The molecule has 0 radical (unpaired) electrons. The molecule has 0 aliphatic carbocycles. The monoisotopic (exact) mass is 296 g/mol. The van der Waals surface area contributed by atoms with Gasteiger partial charge >= 0.3 is 12.0 Å². The Morgan fingerprint density at radius 3 is 2.76 bits per heavy atom. The Morgan fingerprint density at radius 1 is 1.43 bits per heavy atom. The molecule has 2 aliphatic rings. The van der Waals surface area contributed by atoms with Gasteiger partial charge in [0, 0.05) is 33.7 Å². The van der Waals surface area contributed by atoms with Gasteiger partial charge in [-0.3, -0.25) is 19.9 Å². The molecule has 1 unspecified atom stereocenters. The van der Waals surface area contributed by atoms with Crippen molar-refractivity contribution in [2.24, 2.45) is 4.99 Å². The molecule has 2 rings (SSSR count). The molecule has 0 aromatic carbocycles. The molecule has 0 aromatic heterocycles. The van der Waals surface area contributed by atoms with Crippen LogP contribution in [-0.4, -0.2) is 85.1 Å². The van der Waals surface area contributed by atoms with Gasteiger partial charge in [0.15, 0.2) is 0 Å². The first kappa shape index (κ1) is 15.4. The number of nitrogens with zero attached hydrogens (tertiary/aromatic N) is 4. The van der Waals surface area contributed by atoms with Gasteiger partial charge in [0.1, 0.15) is 0 Å². The first-order valence-electron chi connectivity index (χ1n) is 7.03. The Hall–Kier alpha value is -1.96. The van der Waals surface area contributed by atoms with Crippen molar-refractivity contribution in [1.82, 2.24) is 15.1 Å². The van der Waals surface area contributed by atoms with Gasteiger partial charge in [0.25, 0.3) is 5.91 Å². The zero-order valence-corrected chi connectivity index (χ0v) is 12.9. The fourth-order valence-electron chi connectivity index (χ4n) is 2.47. The van der Waals surface area contributed by atoms with E-state index in [1.165, 1.54) is 9.80 Å². The standard InChI is InChI=1S/C13H21N5O3/c1-5-18-11(19)9-10(17(3)13(18)20)15-12(16(9)2)14-7-6-8-21-4/h9H,5-8H2,1-4H3/p+1. The van der Waals surface area contributed by atoms with Gasteiger partial charge in [0.2, 0.25) is 11.9 Å². The van der Waals surface area contributed by atoms with E-state index in [1.807, 2.05) is 0 Å². The van der Waals surface area contributed by atoms with E-state index in [4.69, 9.17) is 4.74 Å². The third kappa shape index (κ3) is 2.63. The number of carbonyl (C=O) groups is 2. The number of urea groups is 1. The number of amidine groups is 1. The summed E-state index contributed by atoms with van der Waals surface area (Å²) in [5.74, 6) is 0.860. The Labute approximate surface area is 124 Å². The molecule has 8 heteroatoms. The zero-order chi connectivity index (χ0) is 15.6. The molecule has 2 aliphatic heterocycles. The number of carbonyl (C=O) groups excluding carboxylic acids is 2. The number of ether oxygens (including phenoxy) is 1. The van der Waals surface area contributed by atoms with Crippen LogP contribution in [0.15, 0.2) is 4.99 Å². The van der Waals surface area contributed by atoms with E-state index in [1.54, 1.807) is 32.7 Å². The van der Waals surface area contributed by atoms with E-state index in [-0.39, 0.29) is 11.9 Å². The number of hydrogen-bond acceptors (Lipinski definition) is 5. The predicted octanol–water partition coefficient (Wildman–Crippen LogP) is -0.695. The molecular weight excluding hydrogens is 274 g/mol. The summed E-state index contributed by atoms with van der Waals surface area (Å²) < 4.78 is 6.77. The fourth-order valence-corrected chi connectivity index (χ4v) is 2.47. The van der Waals surface area contributed by atoms with Crippen molar-refractivity contribution in [3.8, 4) is 0 Å². The lowest BCUT2D eigenvalue weighted by molar-refractivity contribution is -0.507. The molecule has 0 spiro atoms. The minimum Gasteiger partial charge on any atom is -0.385 e. The lowest BCUT2D eigenvalue weighted by atomic mass is 10.1. The first-order chi connectivity index (χ1) is 10.0. The summed E-state index contributed by atoms with van der Waals surface area (Å²) in [4.78, 5) is 31.6. The number of rotatable bonds is 5.